The Balaban J connectivity index is 2.17. The Morgan fingerprint density at radius 2 is 1.73 bits per heavy atom. The fourth-order valence-corrected chi connectivity index (χ4v) is 3.68. The lowest BCUT2D eigenvalue weighted by atomic mass is 9.79. The molecule has 3 heteroatoms. The van der Waals surface area contributed by atoms with Crippen molar-refractivity contribution in [1.29, 1.82) is 0 Å². The topological polar surface area (TPSA) is 35.5 Å². The first kappa shape index (κ1) is 15.3. The summed E-state index contributed by atoms with van der Waals surface area (Å²) in [7, 11) is 0. The molecule has 0 spiro atoms. The summed E-state index contributed by atoms with van der Waals surface area (Å²) in [4.78, 5) is 2.51. The number of hydrogen-bond donors (Lipinski definition) is 2. The number of piperazine rings is 1. The van der Waals surface area contributed by atoms with Crippen molar-refractivity contribution >= 4 is 10.8 Å². The van der Waals surface area contributed by atoms with Crippen molar-refractivity contribution in [2.75, 3.05) is 26.2 Å². The molecule has 1 atom stereocenters. The van der Waals surface area contributed by atoms with Gasteiger partial charge in [0.05, 0.1) is 0 Å². The van der Waals surface area contributed by atoms with Gasteiger partial charge >= 0.3 is 0 Å². The Kier molecular flexibility index (Phi) is 4.11. The van der Waals surface area contributed by atoms with Gasteiger partial charge in [0, 0.05) is 37.8 Å². The number of benzene rings is 2. The van der Waals surface area contributed by atoms with E-state index in [1.54, 1.807) is 0 Å². The van der Waals surface area contributed by atoms with E-state index in [1.807, 2.05) is 12.1 Å². The second kappa shape index (κ2) is 5.90. The Morgan fingerprint density at radius 1 is 1.05 bits per heavy atom. The third-order valence-corrected chi connectivity index (χ3v) is 4.56. The molecule has 0 radical (unpaired) electrons. The van der Waals surface area contributed by atoms with Gasteiger partial charge in [-0.2, -0.15) is 0 Å². The minimum absolute atomic E-state index is 0.0545. The van der Waals surface area contributed by atoms with E-state index >= 15 is 0 Å². The maximum atomic E-state index is 10.6. The first-order valence-electron chi connectivity index (χ1n) is 8.14. The lowest BCUT2D eigenvalue weighted by molar-refractivity contribution is 0.0853. The van der Waals surface area contributed by atoms with Gasteiger partial charge in [-0.3, -0.25) is 4.90 Å². The van der Waals surface area contributed by atoms with Crippen molar-refractivity contribution < 1.29 is 5.11 Å². The fourth-order valence-electron chi connectivity index (χ4n) is 3.68. The van der Waals surface area contributed by atoms with Crippen LogP contribution in [0.15, 0.2) is 36.4 Å². The second-order valence-corrected chi connectivity index (χ2v) is 7.27. The van der Waals surface area contributed by atoms with Gasteiger partial charge in [0.25, 0.3) is 0 Å². The van der Waals surface area contributed by atoms with Gasteiger partial charge in [0.2, 0.25) is 0 Å². The molecule has 1 aliphatic rings. The minimum Gasteiger partial charge on any atom is -0.508 e. The molecular formula is C19H26N2O. The van der Waals surface area contributed by atoms with Gasteiger partial charge < -0.3 is 10.4 Å². The fraction of sp³-hybridized carbons (Fsp3) is 0.474. The minimum atomic E-state index is 0.0545. The molecule has 118 valence electrons. The van der Waals surface area contributed by atoms with Crippen LogP contribution < -0.4 is 5.32 Å². The number of hydrogen-bond acceptors (Lipinski definition) is 3. The Morgan fingerprint density at radius 3 is 2.41 bits per heavy atom. The number of fused-ring (bicyclic) bond motifs is 1. The number of nitrogens with zero attached hydrogens (tertiary/aromatic N) is 1. The summed E-state index contributed by atoms with van der Waals surface area (Å²) >= 11 is 0. The van der Waals surface area contributed by atoms with E-state index < -0.39 is 0 Å². The lowest BCUT2D eigenvalue weighted by Crippen LogP contribution is -2.48. The molecule has 1 heterocycles. The monoisotopic (exact) mass is 298 g/mol. The van der Waals surface area contributed by atoms with Crippen LogP contribution in [0.2, 0.25) is 0 Å². The van der Waals surface area contributed by atoms with Crippen LogP contribution in [0.4, 0.5) is 0 Å². The molecule has 0 saturated carbocycles. The first-order chi connectivity index (χ1) is 10.5. The summed E-state index contributed by atoms with van der Waals surface area (Å²) in [6, 6.07) is 12.4. The largest absolute Gasteiger partial charge is 0.508 e. The summed E-state index contributed by atoms with van der Waals surface area (Å²) in [6.07, 6.45) is 0. The van der Waals surface area contributed by atoms with Crippen LogP contribution in [0, 0.1) is 5.41 Å². The Labute approximate surface area is 132 Å². The zero-order valence-electron chi connectivity index (χ0n) is 13.8. The van der Waals surface area contributed by atoms with Crippen molar-refractivity contribution in [3.05, 3.63) is 42.0 Å². The van der Waals surface area contributed by atoms with Crippen LogP contribution in [0.25, 0.3) is 10.8 Å². The molecule has 1 saturated heterocycles. The molecule has 1 aliphatic heterocycles. The van der Waals surface area contributed by atoms with Crippen LogP contribution in [-0.4, -0.2) is 36.2 Å². The Bertz CT molecular complexity index is 654. The highest BCUT2D eigenvalue weighted by Gasteiger charge is 2.35. The van der Waals surface area contributed by atoms with Gasteiger partial charge in [-0.05, 0) is 22.3 Å². The van der Waals surface area contributed by atoms with E-state index in [4.69, 9.17) is 0 Å². The normalized spacial score (nSPS) is 18.5. The molecule has 3 rings (SSSR count). The molecular weight excluding hydrogens is 272 g/mol. The smallest absolute Gasteiger partial charge is 0.121 e. The van der Waals surface area contributed by atoms with E-state index in [2.05, 4.69) is 55.3 Å². The van der Waals surface area contributed by atoms with E-state index in [0.717, 1.165) is 31.7 Å². The standard InChI is InChI=1S/C19H26N2O/c1-19(2,3)18(21-12-10-20-11-13-21)17-15-7-5-4-6-14(15)8-9-16(17)22/h4-9,18,20,22H,10-13H2,1-3H3/t18-/m1/s1. The number of rotatable bonds is 2. The molecule has 3 nitrogen and oxygen atoms in total. The number of nitrogens with one attached hydrogen (secondary N) is 1. The summed E-state index contributed by atoms with van der Waals surface area (Å²) in [5.41, 5.74) is 1.13. The van der Waals surface area contributed by atoms with E-state index in [1.165, 1.54) is 10.8 Å². The summed E-state index contributed by atoms with van der Waals surface area (Å²) < 4.78 is 0. The molecule has 1 fully saturated rings. The van der Waals surface area contributed by atoms with Gasteiger partial charge in [0.15, 0.2) is 0 Å². The van der Waals surface area contributed by atoms with Gasteiger partial charge in [-0.25, -0.2) is 0 Å². The molecule has 2 aromatic rings. The molecule has 0 unspecified atom stereocenters. The maximum Gasteiger partial charge on any atom is 0.121 e. The molecule has 22 heavy (non-hydrogen) atoms. The van der Waals surface area contributed by atoms with Crippen LogP contribution in [0.1, 0.15) is 32.4 Å². The third-order valence-electron chi connectivity index (χ3n) is 4.56. The third kappa shape index (κ3) is 2.83. The van der Waals surface area contributed by atoms with E-state index in [-0.39, 0.29) is 11.5 Å². The molecule has 0 aliphatic carbocycles. The second-order valence-electron chi connectivity index (χ2n) is 7.27. The quantitative estimate of drug-likeness (QED) is 0.890. The van der Waals surface area contributed by atoms with Gasteiger partial charge in [-0.15, -0.1) is 0 Å². The van der Waals surface area contributed by atoms with Crippen molar-refractivity contribution in [2.45, 2.75) is 26.8 Å². The lowest BCUT2D eigenvalue weighted by Gasteiger charge is -2.43. The average Bonchev–Trinajstić information content (AvgIpc) is 2.50. The van der Waals surface area contributed by atoms with Crippen molar-refractivity contribution in [3.8, 4) is 5.75 Å². The number of phenolic OH excluding ortho intramolecular Hbond substituents is 1. The predicted molar refractivity (Wildman–Crippen MR) is 92.3 cm³/mol. The Hall–Kier alpha value is -1.58. The zero-order valence-corrected chi connectivity index (χ0v) is 13.8. The van der Waals surface area contributed by atoms with E-state index in [9.17, 15) is 5.11 Å². The highest BCUT2D eigenvalue weighted by Crippen LogP contribution is 2.44. The van der Waals surface area contributed by atoms with Crippen molar-refractivity contribution in [1.82, 2.24) is 10.2 Å². The van der Waals surface area contributed by atoms with Crippen molar-refractivity contribution in [2.24, 2.45) is 5.41 Å². The zero-order chi connectivity index (χ0) is 15.7. The van der Waals surface area contributed by atoms with Crippen LogP contribution in [-0.2, 0) is 0 Å². The van der Waals surface area contributed by atoms with Crippen LogP contribution >= 0.6 is 0 Å². The van der Waals surface area contributed by atoms with Crippen molar-refractivity contribution in [3.63, 3.8) is 0 Å². The SMILES string of the molecule is CC(C)(C)[C@@H](c1c(O)ccc2ccccc12)N1CCNCC1. The van der Waals surface area contributed by atoms with Crippen LogP contribution in [0.5, 0.6) is 5.75 Å². The first-order valence-corrected chi connectivity index (χ1v) is 8.14. The van der Waals surface area contributed by atoms with E-state index in [0.29, 0.717) is 5.75 Å². The molecule has 0 bridgehead atoms. The highest BCUT2D eigenvalue weighted by atomic mass is 16.3. The summed E-state index contributed by atoms with van der Waals surface area (Å²) in [6.45, 7) is 10.9. The number of aromatic hydroxyl groups is 1. The molecule has 2 N–H and O–H groups in total. The molecule has 2 aromatic carbocycles. The maximum absolute atomic E-state index is 10.6. The summed E-state index contributed by atoms with van der Waals surface area (Å²) in [5.74, 6) is 0.414. The molecule has 0 amide bonds. The van der Waals surface area contributed by atoms with Crippen LogP contribution in [0.3, 0.4) is 0 Å². The average molecular weight is 298 g/mol. The summed E-state index contributed by atoms with van der Waals surface area (Å²) in [5, 5.41) is 16.4. The number of phenols is 1. The predicted octanol–water partition coefficient (Wildman–Crippen LogP) is 3.54. The van der Waals surface area contributed by atoms with Gasteiger partial charge in [-0.1, -0.05) is 51.1 Å². The molecule has 0 aromatic heterocycles. The highest BCUT2D eigenvalue weighted by molar-refractivity contribution is 5.88. The van der Waals surface area contributed by atoms with Gasteiger partial charge in [0.1, 0.15) is 5.75 Å².